The van der Waals surface area contributed by atoms with Crippen molar-refractivity contribution in [2.45, 2.75) is 12.5 Å². The van der Waals surface area contributed by atoms with Crippen LogP contribution in [0.4, 0.5) is 8.78 Å². The van der Waals surface area contributed by atoms with Crippen LogP contribution in [0.2, 0.25) is 0 Å². The Balaban J connectivity index is 2.23. The number of alkyl halides is 2. The maximum Gasteiger partial charge on any atom is 0.483 e. The molecule has 0 atom stereocenters. The van der Waals surface area contributed by atoms with Gasteiger partial charge >= 0.3 is 12.0 Å². The topological polar surface area (TPSA) is 64.3 Å². The largest absolute Gasteiger partial charge is 0.483 e. The molecular weight excluding hydrogens is 278 g/mol. The van der Waals surface area contributed by atoms with Crippen LogP contribution in [0.15, 0.2) is 54.6 Å². The van der Waals surface area contributed by atoms with Crippen LogP contribution in [-0.2, 0) is 11.2 Å². The number of hydrazine groups is 1. The number of carbonyl (C=O) groups excluding carboxylic acids is 1. The summed E-state index contributed by atoms with van der Waals surface area (Å²) in [7, 11) is 0. The number of ether oxygens (including phenoxy) is 1. The third-order valence-electron chi connectivity index (χ3n) is 2.84. The summed E-state index contributed by atoms with van der Waals surface area (Å²) in [5, 5.41) is 0. The van der Waals surface area contributed by atoms with Crippen LogP contribution in [-0.4, -0.2) is 12.0 Å². The van der Waals surface area contributed by atoms with Crippen molar-refractivity contribution in [1.29, 1.82) is 0 Å². The molecule has 0 aliphatic rings. The van der Waals surface area contributed by atoms with Crippen LogP contribution >= 0.6 is 0 Å². The molecule has 3 N–H and O–H groups in total. The molecular formula is C15H14F2N2O2. The molecule has 6 heteroatoms. The van der Waals surface area contributed by atoms with Gasteiger partial charge in [-0.2, -0.15) is 8.78 Å². The SMILES string of the molecule is NNC(=O)C(F)(F)Oc1ccccc1Cc1ccccc1. The number of amides is 1. The highest BCUT2D eigenvalue weighted by Gasteiger charge is 2.42. The fourth-order valence-corrected chi connectivity index (χ4v) is 1.83. The van der Waals surface area contributed by atoms with Crippen LogP contribution < -0.4 is 16.0 Å². The molecule has 110 valence electrons. The van der Waals surface area contributed by atoms with Crippen molar-refractivity contribution in [3.63, 3.8) is 0 Å². The van der Waals surface area contributed by atoms with Gasteiger partial charge in [0.1, 0.15) is 5.75 Å². The van der Waals surface area contributed by atoms with Gasteiger partial charge in [-0.3, -0.25) is 10.2 Å². The van der Waals surface area contributed by atoms with Crippen molar-refractivity contribution in [1.82, 2.24) is 5.43 Å². The van der Waals surface area contributed by atoms with Gasteiger partial charge in [-0.1, -0.05) is 48.5 Å². The molecule has 0 aromatic heterocycles. The summed E-state index contributed by atoms with van der Waals surface area (Å²) in [6.45, 7) is 0. The standard InChI is InChI=1S/C15H14F2N2O2/c16-15(17,14(20)19-18)21-13-9-5-4-8-12(13)10-11-6-2-1-3-7-11/h1-9H,10,18H2,(H,19,20). The van der Waals surface area contributed by atoms with Crippen LogP contribution in [0.1, 0.15) is 11.1 Å². The normalized spacial score (nSPS) is 11.0. The predicted octanol–water partition coefficient (Wildman–Crippen LogP) is 2.24. The fourth-order valence-electron chi connectivity index (χ4n) is 1.83. The van der Waals surface area contributed by atoms with Gasteiger partial charge in [-0.25, -0.2) is 5.84 Å². The Hall–Kier alpha value is -2.47. The first-order valence-corrected chi connectivity index (χ1v) is 6.22. The van der Waals surface area contributed by atoms with Gasteiger partial charge < -0.3 is 4.74 Å². The van der Waals surface area contributed by atoms with Gasteiger partial charge in [-0.15, -0.1) is 0 Å². The van der Waals surface area contributed by atoms with E-state index in [1.54, 1.807) is 18.2 Å². The minimum atomic E-state index is -4.03. The summed E-state index contributed by atoms with van der Waals surface area (Å²) in [6.07, 6.45) is -3.61. The third-order valence-corrected chi connectivity index (χ3v) is 2.84. The lowest BCUT2D eigenvalue weighted by molar-refractivity contribution is -0.193. The van der Waals surface area contributed by atoms with E-state index in [4.69, 9.17) is 5.84 Å². The Bertz CT molecular complexity index is 618. The fraction of sp³-hybridized carbons (Fsp3) is 0.133. The van der Waals surface area contributed by atoms with Crippen molar-refractivity contribution >= 4 is 5.91 Å². The second-order valence-corrected chi connectivity index (χ2v) is 4.36. The van der Waals surface area contributed by atoms with Crippen LogP contribution in [0.5, 0.6) is 5.75 Å². The van der Waals surface area contributed by atoms with Gasteiger partial charge in [0.15, 0.2) is 0 Å². The van der Waals surface area contributed by atoms with E-state index >= 15 is 0 Å². The number of benzene rings is 2. The van der Waals surface area contributed by atoms with Crippen molar-refractivity contribution in [2.24, 2.45) is 5.84 Å². The minimum Gasteiger partial charge on any atom is -0.425 e. The molecule has 2 aromatic carbocycles. The minimum absolute atomic E-state index is 0.0602. The number of halogens is 2. The lowest BCUT2D eigenvalue weighted by atomic mass is 10.0. The highest BCUT2D eigenvalue weighted by atomic mass is 19.3. The number of nitrogens with two attached hydrogens (primary N) is 1. The van der Waals surface area contributed by atoms with E-state index in [0.29, 0.717) is 12.0 Å². The first-order valence-electron chi connectivity index (χ1n) is 6.22. The second-order valence-electron chi connectivity index (χ2n) is 4.36. The van der Waals surface area contributed by atoms with Gasteiger partial charge in [0.05, 0.1) is 0 Å². The molecule has 0 saturated heterocycles. The molecule has 0 spiro atoms. The quantitative estimate of drug-likeness (QED) is 0.504. The van der Waals surface area contributed by atoms with Crippen molar-refractivity contribution in [3.8, 4) is 5.75 Å². The molecule has 2 aromatic rings. The van der Waals surface area contributed by atoms with Gasteiger partial charge in [0.25, 0.3) is 0 Å². The average Bonchev–Trinajstić information content (AvgIpc) is 2.49. The van der Waals surface area contributed by atoms with Gasteiger partial charge in [0.2, 0.25) is 0 Å². The van der Waals surface area contributed by atoms with Crippen LogP contribution in [0, 0.1) is 0 Å². The summed E-state index contributed by atoms with van der Waals surface area (Å²) < 4.78 is 31.5. The number of para-hydroxylation sites is 1. The van der Waals surface area contributed by atoms with E-state index < -0.39 is 12.0 Å². The first kappa shape index (κ1) is 14.9. The third kappa shape index (κ3) is 3.76. The molecule has 0 fully saturated rings. The molecule has 0 aliphatic carbocycles. The molecule has 21 heavy (non-hydrogen) atoms. The molecule has 0 heterocycles. The average molecular weight is 292 g/mol. The first-order chi connectivity index (χ1) is 10.0. The smallest absolute Gasteiger partial charge is 0.425 e. The highest BCUT2D eigenvalue weighted by molar-refractivity contribution is 5.81. The number of rotatable bonds is 5. The summed E-state index contributed by atoms with van der Waals surface area (Å²) in [4.78, 5) is 11.0. The van der Waals surface area contributed by atoms with Crippen molar-refractivity contribution in [2.75, 3.05) is 0 Å². The molecule has 0 unspecified atom stereocenters. The van der Waals surface area contributed by atoms with E-state index in [2.05, 4.69) is 4.74 Å². The molecule has 4 nitrogen and oxygen atoms in total. The number of hydrogen-bond acceptors (Lipinski definition) is 3. The predicted molar refractivity (Wildman–Crippen MR) is 73.6 cm³/mol. The highest BCUT2D eigenvalue weighted by Crippen LogP contribution is 2.27. The maximum absolute atomic E-state index is 13.5. The Morgan fingerprint density at radius 3 is 2.38 bits per heavy atom. The molecule has 0 bridgehead atoms. The lowest BCUT2D eigenvalue weighted by Gasteiger charge is -2.18. The number of hydrogen-bond donors (Lipinski definition) is 2. The van der Waals surface area contributed by atoms with E-state index in [1.165, 1.54) is 11.5 Å². The molecule has 2 rings (SSSR count). The van der Waals surface area contributed by atoms with Crippen molar-refractivity contribution in [3.05, 3.63) is 65.7 Å². The number of nitrogens with one attached hydrogen (secondary N) is 1. The van der Waals surface area contributed by atoms with Crippen LogP contribution in [0.25, 0.3) is 0 Å². The molecule has 1 amide bonds. The van der Waals surface area contributed by atoms with E-state index in [-0.39, 0.29) is 5.75 Å². The zero-order chi connectivity index (χ0) is 15.3. The Morgan fingerprint density at radius 1 is 1.10 bits per heavy atom. The summed E-state index contributed by atoms with van der Waals surface area (Å²) in [6, 6.07) is 15.7. The maximum atomic E-state index is 13.5. The monoisotopic (exact) mass is 292 g/mol. The summed E-state index contributed by atoms with van der Waals surface area (Å²) >= 11 is 0. The van der Waals surface area contributed by atoms with Crippen LogP contribution in [0.3, 0.4) is 0 Å². The Kier molecular flexibility index (Phi) is 4.49. The Labute approximate surface area is 120 Å². The zero-order valence-electron chi connectivity index (χ0n) is 11.1. The molecule has 0 saturated carbocycles. The second kappa shape index (κ2) is 6.32. The molecule has 0 aliphatic heterocycles. The number of carbonyl (C=O) groups is 1. The lowest BCUT2D eigenvalue weighted by Crippen LogP contribution is -2.47. The van der Waals surface area contributed by atoms with E-state index in [1.807, 2.05) is 30.3 Å². The van der Waals surface area contributed by atoms with Crippen molar-refractivity contribution < 1.29 is 18.3 Å². The van der Waals surface area contributed by atoms with Gasteiger partial charge in [-0.05, 0) is 17.2 Å². The Morgan fingerprint density at radius 2 is 1.71 bits per heavy atom. The zero-order valence-corrected chi connectivity index (χ0v) is 11.1. The summed E-state index contributed by atoms with van der Waals surface area (Å²) in [5.74, 6) is 2.96. The molecule has 0 radical (unpaired) electrons. The summed E-state index contributed by atoms with van der Waals surface area (Å²) in [5.41, 5.74) is 2.87. The van der Waals surface area contributed by atoms with Gasteiger partial charge in [0, 0.05) is 6.42 Å². The van der Waals surface area contributed by atoms with E-state index in [9.17, 15) is 13.6 Å². The van der Waals surface area contributed by atoms with E-state index in [0.717, 1.165) is 5.56 Å².